The lowest BCUT2D eigenvalue weighted by Gasteiger charge is -2.43. The van der Waals surface area contributed by atoms with Crippen LogP contribution in [0.3, 0.4) is 0 Å². The topological polar surface area (TPSA) is 43.8 Å². The molecule has 3 nitrogen and oxygen atoms in total. The van der Waals surface area contributed by atoms with Crippen molar-refractivity contribution in [2.75, 3.05) is 0 Å². The summed E-state index contributed by atoms with van der Waals surface area (Å²) in [6.07, 6.45) is 8.57. The molecule has 96 valence electrons. The average Bonchev–Trinajstić information content (AvgIpc) is 2.73. The van der Waals surface area contributed by atoms with Crippen LogP contribution in [-0.2, 0) is 13.0 Å². The summed E-state index contributed by atoms with van der Waals surface area (Å²) in [7, 11) is 0. The van der Waals surface area contributed by atoms with Gasteiger partial charge in [-0.1, -0.05) is 26.7 Å². The van der Waals surface area contributed by atoms with Gasteiger partial charge in [0.15, 0.2) is 0 Å². The zero-order chi connectivity index (χ0) is 12.5. The van der Waals surface area contributed by atoms with Crippen molar-refractivity contribution in [1.82, 2.24) is 9.55 Å². The second-order valence-electron chi connectivity index (χ2n) is 5.70. The fourth-order valence-corrected chi connectivity index (χ4v) is 3.14. The molecule has 3 unspecified atom stereocenters. The van der Waals surface area contributed by atoms with E-state index in [-0.39, 0.29) is 5.54 Å². The van der Waals surface area contributed by atoms with Crippen molar-refractivity contribution >= 4 is 0 Å². The zero-order valence-corrected chi connectivity index (χ0v) is 11.3. The molecule has 1 aliphatic carbocycles. The molecule has 0 spiro atoms. The van der Waals surface area contributed by atoms with Crippen LogP contribution in [0.4, 0.5) is 0 Å². The highest BCUT2D eigenvalue weighted by atomic mass is 15.1. The molecule has 1 heterocycles. The second-order valence-corrected chi connectivity index (χ2v) is 5.70. The van der Waals surface area contributed by atoms with Crippen molar-refractivity contribution in [1.29, 1.82) is 0 Å². The Morgan fingerprint density at radius 3 is 3.00 bits per heavy atom. The Bertz CT molecular complexity index is 371. The first-order valence-corrected chi connectivity index (χ1v) is 6.85. The highest BCUT2D eigenvalue weighted by Gasteiger charge is 2.38. The Morgan fingerprint density at radius 1 is 1.53 bits per heavy atom. The molecule has 1 aliphatic rings. The van der Waals surface area contributed by atoms with Gasteiger partial charge in [-0.25, -0.2) is 4.98 Å². The Labute approximate surface area is 104 Å². The molecule has 3 heteroatoms. The van der Waals surface area contributed by atoms with Gasteiger partial charge < -0.3 is 10.3 Å². The van der Waals surface area contributed by atoms with Crippen LogP contribution in [-0.4, -0.2) is 15.1 Å². The van der Waals surface area contributed by atoms with Crippen LogP contribution in [0, 0.1) is 11.8 Å². The quantitative estimate of drug-likeness (QED) is 0.875. The third kappa shape index (κ3) is 2.39. The van der Waals surface area contributed by atoms with E-state index in [2.05, 4.69) is 36.5 Å². The molecule has 0 saturated heterocycles. The van der Waals surface area contributed by atoms with Gasteiger partial charge in [-0.2, -0.15) is 0 Å². The normalized spacial score (nSPS) is 33.9. The van der Waals surface area contributed by atoms with Gasteiger partial charge in [-0.15, -0.1) is 0 Å². The summed E-state index contributed by atoms with van der Waals surface area (Å²) in [4.78, 5) is 4.47. The first-order valence-electron chi connectivity index (χ1n) is 6.85. The van der Waals surface area contributed by atoms with Crippen molar-refractivity contribution in [3.8, 4) is 0 Å². The van der Waals surface area contributed by atoms with E-state index < -0.39 is 0 Å². The van der Waals surface area contributed by atoms with Gasteiger partial charge in [-0.3, -0.25) is 0 Å². The molecule has 1 fully saturated rings. The summed E-state index contributed by atoms with van der Waals surface area (Å²) < 4.78 is 2.21. The highest BCUT2D eigenvalue weighted by Crippen LogP contribution is 2.37. The van der Waals surface area contributed by atoms with Crippen LogP contribution >= 0.6 is 0 Å². The lowest BCUT2D eigenvalue weighted by atomic mass is 9.67. The number of nitrogens with two attached hydrogens (primary N) is 1. The van der Waals surface area contributed by atoms with Crippen LogP contribution in [0.2, 0.25) is 0 Å². The van der Waals surface area contributed by atoms with Gasteiger partial charge in [-0.05, 0) is 25.2 Å². The Hall–Kier alpha value is -0.830. The molecule has 1 saturated carbocycles. The van der Waals surface area contributed by atoms with Gasteiger partial charge in [0.05, 0.1) is 0 Å². The molecule has 2 N–H and O–H groups in total. The first-order chi connectivity index (χ1) is 8.07. The van der Waals surface area contributed by atoms with Crippen LogP contribution in [0.15, 0.2) is 12.4 Å². The van der Waals surface area contributed by atoms with Gasteiger partial charge in [0.1, 0.15) is 5.82 Å². The summed E-state index contributed by atoms with van der Waals surface area (Å²) in [5, 5.41) is 0. The molecule has 1 aromatic rings. The summed E-state index contributed by atoms with van der Waals surface area (Å²) in [6, 6.07) is 0. The maximum absolute atomic E-state index is 6.65. The summed E-state index contributed by atoms with van der Waals surface area (Å²) in [6.45, 7) is 7.78. The Balaban J connectivity index is 2.16. The maximum Gasteiger partial charge on any atom is 0.110 e. The maximum atomic E-state index is 6.65. The molecule has 0 radical (unpaired) electrons. The molecule has 0 aliphatic heterocycles. The number of hydrogen-bond acceptors (Lipinski definition) is 2. The van der Waals surface area contributed by atoms with E-state index in [1.807, 2.05) is 6.20 Å². The van der Waals surface area contributed by atoms with Crippen molar-refractivity contribution in [2.24, 2.45) is 17.6 Å². The highest BCUT2D eigenvalue weighted by molar-refractivity contribution is 5.05. The number of aryl methyl sites for hydroxylation is 1. The predicted molar refractivity (Wildman–Crippen MR) is 70.7 cm³/mol. The fourth-order valence-electron chi connectivity index (χ4n) is 3.14. The SMILES string of the molecule is CCn1ccnc1CC1(N)CCCC(C)C1C. The number of aromatic nitrogens is 2. The van der Waals surface area contributed by atoms with Crippen molar-refractivity contribution in [3.63, 3.8) is 0 Å². The first kappa shape index (κ1) is 12.6. The Morgan fingerprint density at radius 2 is 2.29 bits per heavy atom. The summed E-state index contributed by atoms with van der Waals surface area (Å²) >= 11 is 0. The molecule has 0 amide bonds. The number of rotatable bonds is 3. The monoisotopic (exact) mass is 235 g/mol. The minimum atomic E-state index is -0.0596. The number of imidazole rings is 1. The van der Waals surface area contributed by atoms with E-state index in [9.17, 15) is 0 Å². The van der Waals surface area contributed by atoms with Crippen LogP contribution in [0.5, 0.6) is 0 Å². The molecule has 0 aromatic carbocycles. The smallest absolute Gasteiger partial charge is 0.110 e. The van der Waals surface area contributed by atoms with Gasteiger partial charge in [0.2, 0.25) is 0 Å². The van der Waals surface area contributed by atoms with E-state index in [4.69, 9.17) is 5.73 Å². The molecule has 3 atom stereocenters. The number of nitrogens with zero attached hydrogens (tertiary/aromatic N) is 2. The minimum Gasteiger partial charge on any atom is -0.335 e. The van der Waals surface area contributed by atoms with Crippen LogP contribution < -0.4 is 5.73 Å². The zero-order valence-electron chi connectivity index (χ0n) is 11.3. The summed E-state index contributed by atoms with van der Waals surface area (Å²) in [5.74, 6) is 2.47. The van der Waals surface area contributed by atoms with Gasteiger partial charge >= 0.3 is 0 Å². The minimum absolute atomic E-state index is 0.0596. The van der Waals surface area contributed by atoms with E-state index in [1.54, 1.807) is 0 Å². The molecule has 2 rings (SSSR count). The van der Waals surface area contributed by atoms with Gasteiger partial charge in [0, 0.05) is 30.9 Å². The Kier molecular flexibility index (Phi) is 3.57. The fraction of sp³-hybridized carbons (Fsp3) is 0.786. The largest absolute Gasteiger partial charge is 0.335 e. The van der Waals surface area contributed by atoms with E-state index >= 15 is 0 Å². The number of hydrogen-bond donors (Lipinski definition) is 1. The second kappa shape index (κ2) is 4.81. The van der Waals surface area contributed by atoms with Gasteiger partial charge in [0.25, 0.3) is 0 Å². The van der Waals surface area contributed by atoms with Crippen molar-refractivity contribution in [3.05, 3.63) is 18.2 Å². The third-order valence-corrected chi connectivity index (χ3v) is 4.69. The van der Waals surface area contributed by atoms with E-state index in [0.717, 1.165) is 31.1 Å². The standard InChI is InChI=1S/C14H25N3/c1-4-17-9-8-16-13(17)10-14(15)7-5-6-11(2)12(14)3/h8-9,11-12H,4-7,10,15H2,1-3H3. The molecule has 1 aromatic heterocycles. The third-order valence-electron chi connectivity index (χ3n) is 4.69. The molecular weight excluding hydrogens is 210 g/mol. The lowest BCUT2D eigenvalue weighted by Crippen LogP contribution is -2.53. The lowest BCUT2D eigenvalue weighted by molar-refractivity contribution is 0.140. The van der Waals surface area contributed by atoms with E-state index in [0.29, 0.717) is 5.92 Å². The molecular formula is C14H25N3. The van der Waals surface area contributed by atoms with Crippen molar-refractivity contribution < 1.29 is 0 Å². The average molecular weight is 235 g/mol. The van der Waals surface area contributed by atoms with E-state index in [1.165, 1.54) is 12.8 Å². The predicted octanol–water partition coefficient (Wildman–Crippen LogP) is 2.60. The summed E-state index contributed by atoms with van der Waals surface area (Å²) in [5.41, 5.74) is 6.59. The van der Waals surface area contributed by atoms with Crippen LogP contribution in [0.25, 0.3) is 0 Å². The molecule has 0 bridgehead atoms. The van der Waals surface area contributed by atoms with Crippen LogP contribution in [0.1, 0.15) is 45.9 Å². The molecule has 17 heavy (non-hydrogen) atoms. The van der Waals surface area contributed by atoms with Crippen molar-refractivity contribution in [2.45, 2.75) is 58.5 Å².